The van der Waals surface area contributed by atoms with Gasteiger partial charge >= 0.3 is 0 Å². The molecule has 0 aliphatic carbocycles. The first kappa shape index (κ1) is 24.9. The van der Waals surface area contributed by atoms with E-state index in [-0.39, 0.29) is 23.2 Å². The van der Waals surface area contributed by atoms with E-state index in [2.05, 4.69) is 9.80 Å². The van der Waals surface area contributed by atoms with Gasteiger partial charge in [0.25, 0.3) is 5.91 Å². The van der Waals surface area contributed by atoms with E-state index in [1.807, 2.05) is 29.0 Å². The Morgan fingerprint density at radius 2 is 1.76 bits per heavy atom. The predicted molar refractivity (Wildman–Crippen MR) is 145 cm³/mol. The van der Waals surface area contributed by atoms with Crippen molar-refractivity contribution in [2.75, 3.05) is 75.9 Å². The molecule has 0 N–H and O–H groups in total. The van der Waals surface area contributed by atoms with Gasteiger partial charge in [0.2, 0.25) is 0 Å². The van der Waals surface area contributed by atoms with E-state index in [0.29, 0.717) is 61.8 Å². The maximum Gasteiger partial charge on any atom is 0.253 e. The van der Waals surface area contributed by atoms with Crippen molar-refractivity contribution in [2.45, 2.75) is 18.9 Å². The maximum absolute atomic E-state index is 14.2. The van der Waals surface area contributed by atoms with Gasteiger partial charge in [-0.05, 0) is 50.2 Å². The molecule has 1 aromatic heterocycles. The summed E-state index contributed by atoms with van der Waals surface area (Å²) in [7, 11) is 2.05. The molecule has 6 rings (SSSR count). The van der Waals surface area contributed by atoms with E-state index in [0.717, 1.165) is 43.7 Å². The number of hydrogen-bond acceptors (Lipinski definition) is 7. The third kappa shape index (κ3) is 4.76. The summed E-state index contributed by atoms with van der Waals surface area (Å²) in [6.45, 7) is 6.09. The zero-order valence-corrected chi connectivity index (χ0v) is 21.7. The van der Waals surface area contributed by atoms with Crippen LogP contribution in [0.1, 0.15) is 34.8 Å². The molecule has 0 saturated carbocycles. The third-order valence-corrected chi connectivity index (χ3v) is 7.96. The summed E-state index contributed by atoms with van der Waals surface area (Å²) < 4.78 is 26.1. The fourth-order valence-corrected chi connectivity index (χ4v) is 5.83. The zero-order chi connectivity index (χ0) is 26.2. The highest BCUT2D eigenvalue weighted by molar-refractivity contribution is 5.99. The summed E-state index contributed by atoms with van der Waals surface area (Å²) in [6, 6.07) is 11.6. The van der Waals surface area contributed by atoms with Crippen molar-refractivity contribution in [3.63, 3.8) is 0 Å². The number of hydrogen-bond donors (Lipinski definition) is 0. The molecule has 0 bridgehead atoms. The predicted octanol–water partition coefficient (Wildman–Crippen LogP) is 3.50. The van der Waals surface area contributed by atoms with E-state index in [1.54, 1.807) is 12.1 Å². The monoisotopic (exact) mass is 520 g/mol. The first-order valence-corrected chi connectivity index (χ1v) is 13.4. The highest BCUT2D eigenvalue weighted by atomic mass is 19.1. The molecule has 8 nitrogen and oxygen atoms in total. The smallest absolute Gasteiger partial charge is 0.253 e. The molecule has 9 heteroatoms. The fraction of sp³-hybridized carbons (Fsp3) is 0.448. The molecule has 1 amide bonds. The van der Waals surface area contributed by atoms with Gasteiger partial charge in [0, 0.05) is 68.7 Å². The molecular weight excluding hydrogens is 487 g/mol. The van der Waals surface area contributed by atoms with E-state index >= 15 is 0 Å². The summed E-state index contributed by atoms with van der Waals surface area (Å²) in [4.78, 5) is 35.4. The van der Waals surface area contributed by atoms with Gasteiger partial charge in [-0.15, -0.1) is 0 Å². The minimum atomic E-state index is -0.293. The van der Waals surface area contributed by atoms with Crippen LogP contribution in [-0.2, 0) is 4.74 Å². The van der Waals surface area contributed by atoms with E-state index in [4.69, 9.17) is 9.15 Å². The second-order valence-electron chi connectivity index (χ2n) is 10.4. The fourth-order valence-electron chi connectivity index (χ4n) is 5.83. The lowest BCUT2D eigenvalue weighted by atomic mass is 9.97. The number of nitrogens with zero attached hydrogens (tertiary/aromatic N) is 4. The molecule has 1 atom stereocenters. The number of halogens is 1. The van der Waals surface area contributed by atoms with Crippen LogP contribution >= 0.6 is 0 Å². The standard InChI is InChI=1S/C29H33FN4O4/c1-31-8-10-33(11-9-31)29(36)20-16-23(25-6-3-7-34(25)22-5-2-4-21(30)18-22)28-24(17-20)26(35)19-27(38-28)32-12-14-37-15-13-32/h2,4-5,16-19,25H,3,6-15H2,1H3/t25-/m0/s1. The van der Waals surface area contributed by atoms with Crippen LogP contribution in [0.3, 0.4) is 0 Å². The SMILES string of the molecule is CN1CCN(C(=O)c2cc([C@@H]3CCCN3c3cccc(F)c3)c3oc(N4CCOCC4)cc(=O)c3c2)CC1. The number of benzene rings is 2. The normalized spacial score (nSPS) is 20.9. The zero-order valence-electron chi connectivity index (χ0n) is 21.7. The first-order valence-electron chi connectivity index (χ1n) is 13.4. The van der Waals surface area contributed by atoms with Crippen LogP contribution in [0.4, 0.5) is 16.0 Å². The summed E-state index contributed by atoms with van der Waals surface area (Å²) in [5.41, 5.74) is 2.41. The number of ether oxygens (including phenoxy) is 1. The van der Waals surface area contributed by atoms with Crippen molar-refractivity contribution in [3.8, 4) is 0 Å². The van der Waals surface area contributed by atoms with Crippen molar-refractivity contribution in [2.24, 2.45) is 0 Å². The molecule has 200 valence electrons. The van der Waals surface area contributed by atoms with Crippen molar-refractivity contribution < 1.29 is 18.3 Å². The number of carbonyl (C=O) groups excluding carboxylic acids is 1. The van der Waals surface area contributed by atoms with Gasteiger partial charge in [-0.25, -0.2) is 4.39 Å². The number of amides is 1. The summed E-state index contributed by atoms with van der Waals surface area (Å²) >= 11 is 0. The Morgan fingerprint density at radius 3 is 2.53 bits per heavy atom. The highest BCUT2D eigenvalue weighted by Crippen LogP contribution is 2.40. The summed E-state index contributed by atoms with van der Waals surface area (Å²) in [6.07, 6.45) is 1.72. The van der Waals surface area contributed by atoms with Crippen LogP contribution in [0.5, 0.6) is 0 Å². The van der Waals surface area contributed by atoms with E-state index in [9.17, 15) is 14.0 Å². The molecule has 0 unspecified atom stereocenters. The minimum Gasteiger partial charge on any atom is -0.440 e. The molecule has 0 radical (unpaired) electrons. The van der Waals surface area contributed by atoms with Gasteiger partial charge in [0.1, 0.15) is 11.4 Å². The highest BCUT2D eigenvalue weighted by Gasteiger charge is 2.32. The van der Waals surface area contributed by atoms with Crippen LogP contribution in [0, 0.1) is 5.82 Å². The minimum absolute atomic E-state index is 0.0757. The molecule has 4 heterocycles. The van der Waals surface area contributed by atoms with Gasteiger partial charge in [0.15, 0.2) is 11.3 Å². The Balaban J connectivity index is 1.48. The molecule has 3 aromatic rings. The Bertz CT molecular complexity index is 1400. The average molecular weight is 521 g/mol. The summed E-state index contributed by atoms with van der Waals surface area (Å²) in [5, 5.41) is 0.406. The van der Waals surface area contributed by atoms with Crippen molar-refractivity contribution >= 4 is 28.4 Å². The molecule has 38 heavy (non-hydrogen) atoms. The maximum atomic E-state index is 14.2. The first-order chi connectivity index (χ1) is 18.5. The van der Waals surface area contributed by atoms with Gasteiger partial charge < -0.3 is 28.8 Å². The quantitative estimate of drug-likeness (QED) is 0.522. The van der Waals surface area contributed by atoms with Crippen LogP contribution in [0.2, 0.25) is 0 Å². The van der Waals surface area contributed by atoms with E-state index < -0.39 is 0 Å². The lowest BCUT2D eigenvalue weighted by molar-refractivity contribution is 0.0664. The lowest BCUT2D eigenvalue weighted by Crippen LogP contribution is -2.47. The van der Waals surface area contributed by atoms with Gasteiger partial charge in [-0.1, -0.05) is 6.07 Å². The number of fused-ring (bicyclic) bond motifs is 1. The third-order valence-electron chi connectivity index (χ3n) is 7.96. The van der Waals surface area contributed by atoms with Crippen LogP contribution in [0.15, 0.2) is 51.7 Å². The molecular formula is C29H33FN4O4. The Labute approximate surface area is 221 Å². The number of carbonyl (C=O) groups is 1. The number of morpholine rings is 1. The van der Waals surface area contributed by atoms with Crippen molar-refractivity contribution in [1.29, 1.82) is 0 Å². The van der Waals surface area contributed by atoms with Crippen molar-refractivity contribution in [3.05, 3.63) is 69.6 Å². The van der Waals surface area contributed by atoms with Gasteiger partial charge in [0.05, 0.1) is 24.6 Å². The van der Waals surface area contributed by atoms with Crippen LogP contribution in [-0.4, -0.2) is 81.8 Å². The number of piperazine rings is 1. The molecule has 0 spiro atoms. The van der Waals surface area contributed by atoms with Gasteiger partial charge in [-0.2, -0.15) is 0 Å². The van der Waals surface area contributed by atoms with E-state index in [1.165, 1.54) is 18.2 Å². The second-order valence-corrected chi connectivity index (χ2v) is 10.4. The number of likely N-dealkylation sites (N-methyl/N-ethyl adjacent to an activating group) is 1. The molecule has 2 aromatic carbocycles. The summed E-state index contributed by atoms with van der Waals surface area (Å²) in [5.74, 6) is 0.145. The second kappa shape index (κ2) is 10.4. The average Bonchev–Trinajstić information content (AvgIpc) is 3.43. The van der Waals surface area contributed by atoms with Crippen LogP contribution in [0.25, 0.3) is 11.0 Å². The number of anilines is 2. The molecule has 3 saturated heterocycles. The molecule has 3 fully saturated rings. The molecule has 3 aliphatic rings. The Morgan fingerprint density at radius 1 is 0.974 bits per heavy atom. The van der Waals surface area contributed by atoms with Crippen LogP contribution < -0.4 is 15.2 Å². The topological polar surface area (TPSA) is 69.5 Å². The lowest BCUT2D eigenvalue weighted by Gasteiger charge is -2.33. The Kier molecular flexibility index (Phi) is 6.80. The van der Waals surface area contributed by atoms with Crippen molar-refractivity contribution in [1.82, 2.24) is 9.80 Å². The van der Waals surface area contributed by atoms with Gasteiger partial charge in [-0.3, -0.25) is 9.59 Å². The largest absolute Gasteiger partial charge is 0.440 e. The molecule has 3 aliphatic heterocycles. The number of rotatable bonds is 4. The Hall–Kier alpha value is -3.43.